The van der Waals surface area contributed by atoms with Gasteiger partial charge in [0.25, 0.3) is 5.91 Å². The van der Waals surface area contributed by atoms with E-state index < -0.39 is 0 Å². The number of nitrogens with one attached hydrogen (secondary N) is 1. The smallest absolute Gasteiger partial charge is 0.274 e. The molecule has 0 aliphatic carbocycles. The summed E-state index contributed by atoms with van der Waals surface area (Å²) >= 11 is 0. The van der Waals surface area contributed by atoms with Gasteiger partial charge in [0.2, 0.25) is 6.41 Å². The van der Waals surface area contributed by atoms with E-state index in [9.17, 15) is 14.4 Å². The molecule has 26 heavy (non-hydrogen) atoms. The Labute approximate surface area is 150 Å². The fourth-order valence-electron chi connectivity index (χ4n) is 2.63. The largest absolute Gasteiger partial charge is 0.342 e. The van der Waals surface area contributed by atoms with Crippen molar-refractivity contribution in [3.63, 3.8) is 0 Å². The summed E-state index contributed by atoms with van der Waals surface area (Å²) in [4.78, 5) is 46.1. The van der Waals surface area contributed by atoms with Gasteiger partial charge in [-0.15, -0.1) is 0 Å². The van der Waals surface area contributed by atoms with Gasteiger partial charge in [-0.1, -0.05) is 0 Å². The summed E-state index contributed by atoms with van der Waals surface area (Å²) in [5, 5.41) is 3.07. The van der Waals surface area contributed by atoms with Crippen LogP contribution in [-0.2, 0) is 4.79 Å². The molecular formula is C18H19N5O3. The molecule has 2 heterocycles. The summed E-state index contributed by atoms with van der Waals surface area (Å²) in [5.74, 6) is 0.316. The molecule has 1 aliphatic rings. The van der Waals surface area contributed by atoms with Crippen molar-refractivity contribution in [3.05, 3.63) is 47.9 Å². The highest BCUT2D eigenvalue weighted by atomic mass is 16.2. The van der Waals surface area contributed by atoms with Crippen LogP contribution in [-0.4, -0.2) is 64.0 Å². The number of piperazine rings is 1. The van der Waals surface area contributed by atoms with E-state index >= 15 is 0 Å². The second-order valence-electron chi connectivity index (χ2n) is 5.98. The standard InChI is InChI=1S/C18H19N5O3/c1-13(25)14-2-4-15(5-3-14)21-17-11-19-16(10-20-17)18(26)23-8-6-22(12-24)7-9-23/h2-5,10-12H,6-9H2,1H3,(H,20,21). The number of nitrogens with zero attached hydrogens (tertiary/aromatic N) is 4. The van der Waals surface area contributed by atoms with E-state index in [1.165, 1.54) is 19.3 Å². The van der Waals surface area contributed by atoms with Crippen molar-refractivity contribution >= 4 is 29.6 Å². The van der Waals surface area contributed by atoms with Gasteiger partial charge in [-0.3, -0.25) is 14.4 Å². The van der Waals surface area contributed by atoms with Crippen LogP contribution in [0.1, 0.15) is 27.8 Å². The molecule has 1 aromatic heterocycles. The molecule has 0 spiro atoms. The van der Waals surface area contributed by atoms with Crippen LogP contribution in [0, 0.1) is 0 Å². The second kappa shape index (κ2) is 7.73. The monoisotopic (exact) mass is 353 g/mol. The summed E-state index contributed by atoms with van der Waals surface area (Å²) in [6.45, 7) is 3.54. The van der Waals surface area contributed by atoms with Gasteiger partial charge < -0.3 is 15.1 Å². The number of amides is 2. The number of hydrogen-bond donors (Lipinski definition) is 1. The molecular weight excluding hydrogens is 334 g/mol. The predicted octanol–water partition coefficient (Wildman–Crippen LogP) is 1.34. The summed E-state index contributed by atoms with van der Waals surface area (Å²) in [6, 6.07) is 7.03. The lowest BCUT2D eigenvalue weighted by Crippen LogP contribution is -2.48. The van der Waals surface area contributed by atoms with E-state index in [1.807, 2.05) is 0 Å². The van der Waals surface area contributed by atoms with E-state index in [-0.39, 0.29) is 17.4 Å². The van der Waals surface area contributed by atoms with Crippen LogP contribution in [0.5, 0.6) is 0 Å². The third kappa shape index (κ3) is 4.02. The third-order valence-electron chi connectivity index (χ3n) is 4.19. The summed E-state index contributed by atoms with van der Waals surface area (Å²) in [5.41, 5.74) is 1.67. The van der Waals surface area contributed by atoms with Gasteiger partial charge in [-0.05, 0) is 31.2 Å². The van der Waals surface area contributed by atoms with Crippen molar-refractivity contribution in [2.45, 2.75) is 6.92 Å². The van der Waals surface area contributed by atoms with Gasteiger partial charge in [0.05, 0.1) is 12.4 Å². The molecule has 1 saturated heterocycles. The number of ketones is 1. The highest BCUT2D eigenvalue weighted by Gasteiger charge is 2.22. The second-order valence-corrected chi connectivity index (χ2v) is 5.98. The minimum Gasteiger partial charge on any atom is -0.342 e. The van der Waals surface area contributed by atoms with E-state index in [0.717, 1.165) is 12.1 Å². The molecule has 3 rings (SSSR count). The first-order chi connectivity index (χ1) is 12.6. The maximum atomic E-state index is 12.4. The lowest BCUT2D eigenvalue weighted by molar-refractivity contribution is -0.119. The zero-order valence-electron chi connectivity index (χ0n) is 14.4. The van der Waals surface area contributed by atoms with Crippen LogP contribution >= 0.6 is 0 Å². The molecule has 0 saturated carbocycles. The Hall–Kier alpha value is -3.29. The molecule has 1 aromatic carbocycles. The molecule has 8 nitrogen and oxygen atoms in total. The Morgan fingerprint density at radius 3 is 2.27 bits per heavy atom. The number of hydrogen-bond acceptors (Lipinski definition) is 6. The topological polar surface area (TPSA) is 95.5 Å². The van der Waals surface area contributed by atoms with Gasteiger partial charge in [0, 0.05) is 37.4 Å². The maximum Gasteiger partial charge on any atom is 0.274 e. The number of Topliss-reactive ketones (excluding diaryl/α,β-unsaturated/α-hetero) is 1. The third-order valence-corrected chi connectivity index (χ3v) is 4.19. The molecule has 1 aliphatic heterocycles. The number of rotatable bonds is 5. The number of aromatic nitrogens is 2. The van der Waals surface area contributed by atoms with Crippen molar-refractivity contribution in [2.75, 3.05) is 31.5 Å². The Morgan fingerprint density at radius 2 is 1.73 bits per heavy atom. The van der Waals surface area contributed by atoms with E-state index in [1.54, 1.807) is 34.1 Å². The number of benzene rings is 1. The molecule has 2 aromatic rings. The zero-order valence-corrected chi connectivity index (χ0v) is 14.4. The fraction of sp³-hybridized carbons (Fsp3) is 0.278. The average molecular weight is 353 g/mol. The first-order valence-corrected chi connectivity index (χ1v) is 8.25. The quantitative estimate of drug-likeness (QED) is 0.644. The lowest BCUT2D eigenvalue weighted by Gasteiger charge is -2.32. The van der Waals surface area contributed by atoms with Crippen molar-refractivity contribution in [3.8, 4) is 0 Å². The highest BCUT2D eigenvalue weighted by Crippen LogP contribution is 2.15. The Balaban J connectivity index is 1.62. The first kappa shape index (κ1) is 17.5. The molecule has 0 unspecified atom stereocenters. The van der Waals surface area contributed by atoms with E-state index in [4.69, 9.17) is 0 Å². The number of carbonyl (C=O) groups excluding carboxylic acids is 3. The Bertz CT molecular complexity index is 797. The lowest BCUT2D eigenvalue weighted by atomic mass is 10.1. The van der Waals surface area contributed by atoms with Crippen LogP contribution in [0.3, 0.4) is 0 Å². The van der Waals surface area contributed by atoms with Gasteiger partial charge in [-0.25, -0.2) is 9.97 Å². The van der Waals surface area contributed by atoms with Crippen LogP contribution in [0.15, 0.2) is 36.7 Å². The molecule has 8 heteroatoms. The molecule has 0 bridgehead atoms. The minimum atomic E-state index is -0.194. The van der Waals surface area contributed by atoms with E-state index in [0.29, 0.717) is 37.6 Å². The minimum absolute atomic E-state index is 0.00758. The molecule has 1 fully saturated rings. The maximum absolute atomic E-state index is 12.4. The molecule has 134 valence electrons. The summed E-state index contributed by atoms with van der Waals surface area (Å²) in [6.07, 6.45) is 3.72. The van der Waals surface area contributed by atoms with Gasteiger partial charge >= 0.3 is 0 Å². The normalized spacial score (nSPS) is 14.0. The van der Waals surface area contributed by atoms with Gasteiger partial charge in [-0.2, -0.15) is 0 Å². The first-order valence-electron chi connectivity index (χ1n) is 8.25. The molecule has 1 N–H and O–H groups in total. The van der Waals surface area contributed by atoms with Crippen molar-refractivity contribution in [1.29, 1.82) is 0 Å². The number of anilines is 2. The summed E-state index contributed by atoms with van der Waals surface area (Å²) < 4.78 is 0. The Morgan fingerprint density at radius 1 is 1.04 bits per heavy atom. The highest BCUT2D eigenvalue weighted by molar-refractivity contribution is 5.94. The van der Waals surface area contributed by atoms with Crippen molar-refractivity contribution < 1.29 is 14.4 Å². The van der Waals surface area contributed by atoms with Crippen LogP contribution < -0.4 is 5.32 Å². The SMILES string of the molecule is CC(=O)c1ccc(Nc2cnc(C(=O)N3CCN(C=O)CC3)cn2)cc1. The van der Waals surface area contributed by atoms with Crippen LogP contribution in [0.4, 0.5) is 11.5 Å². The predicted molar refractivity (Wildman–Crippen MR) is 95.3 cm³/mol. The fourth-order valence-corrected chi connectivity index (χ4v) is 2.63. The summed E-state index contributed by atoms with van der Waals surface area (Å²) in [7, 11) is 0. The number of carbonyl (C=O) groups is 3. The Kier molecular flexibility index (Phi) is 5.21. The van der Waals surface area contributed by atoms with E-state index in [2.05, 4.69) is 15.3 Å². The van der Waals surface area contributed by atoms with Crippen LogP contribution in [0.2, 0.25) is 0 Å². The van der Waals surface area contributed by atoms with Gasteiger partial charge in [0.15, 0.2) is 5.78 Å². The average Bonchev–Trinajstić information content (AvgIpc) is 2.68. The molecule has 2 amide bonds. The molecule has 0 atom stereocenters. The van der Waals surface area contributed by atoms with Crippen LogP contribution in [0.25, 0.3) is 0 Å². The zero-order chi connectivity index (χ0) is 18.5. The van der Waals surface area contributed by atoms with Gasteiger partial charge in [0.1, 0.15) is 11.5 Å². The van der Waals surface area contributed by atoms with Crippen molar-refractivity contribution in [2.24, 2.45) is 0 Å². The molecule has 0 radical (unpaired) electrons. The van der Waals surface area contributed by atoms with Crippen molar-refractivity contribution in [1.82, 2.24) is 19.8 Å².